The maximum atomic E-state index is 13.2. The van der Waals surface area contributed by atoms with Crippen LogP contribution in [-0.4, -0.2) is 30.4 Å². The van der Waals surface area contributed by atoms with E-state index in [0.717, 1.165) is 19.3 Å². The van der Waals surface area contributed by atoms with Gasteiger partial charge in [0.25, 0.3) is 0 Å². The SMILES string of the molecule is COCc1cc(F)ccc1NC(=O)NCCC1(O)CCC1. The zero-order chi connectivity index (χ0) is 15.3. The molecule has 2 amide bonds. The molecular formula is C15H21FN2O3. The molecule has 0 heterocycles. The molecule has 0 spiro atoms. The summed E-state index contributed by atoms with van der Waals surface area (Å²) in [4.78, 5) is 11.8. The van der Waals surface area contributed by atoms with Crippen molar-refractivity contribution >= 4 is 11.7 Å². The van der Waals surface area contributed by atoms with E-state index < -0.39 is 5.60 Å². The van der Waals surface area contributed by atoms with Crippen LogP contribution in [0.15, 0.2) is 18.2 Å². The van der Waals surface area contributed by atoms with Crippen molar-refractivity contribution in [3.8, 4) is 0 Å². The summed E-state index contributed by atoms with van der Waals surface area (Å²) in [6.45, 7) is 0.621. The Morgan fingerprint density at radius 1 is 1.48 bits per heavy atom. The number of anilines is 1. The number of hydrogen-bond acceptors (Lipinski definition) is 3. The first-order chi connectivity index (χ1) is 10.0. The smallest absolute Gasteiger partial charge is 0.319 e. The number of hydrogen-bond donors (Lipinski definition) is 3. The van der Waals surface area contributed by atoms with Gasteiger partial charge >= 0.3 is 6.03 Å². The Morgan fingerprint density at radius 2 is 2.24 bits per heavy atom. The molecule has 5 nitrogen and oxygen atoms in total. The lowest BCUT2D eigenvalue weighted by Crippen LogP contribution is -2.41. The first-order valence-electron chi connectivity index (χ1n) is 7.07. The van der Waals surface area contributed by atoms with Gasteiger partial charge in [-0.05, 0) is 43.9 Å². The van der Waals surface area contributed by atoms with Gasteiger partial charge in [0.05, 0.1) is 12.2 Å². The second-order valence-electron chi connectivity index (χ2n) is 5.44. The van der Waals surface area contributed by atoms with Gasteiger partial charge in [-0.3, -0.25) is 0 Å². The summed E-state index contributed by atoms with van der Waals surface area (Å²) in [5.74, 6) is -0.375. The molecule has 1 aliphatic carbocycles. The van der Waals surface area contributed by atoms with Gasteiger partial charge in [0, 0.05) is 24.9 Å². The molecule has 0 saturated heterocycles. The average molecular weight is 296 g/mol. The van der Waals surface area contributed by atoms with Crippen LogP contribution in [0.25, 0.3) is 0 Å². The van der Waals surface area contributed by atoms with Crippen LogP contribution in [0.5, 0.6) is 0 Å². The first kappa shape index (κ1) is 15.7. The number of ether oxygens (including phenoxy) is 1. The molecule has 0 atom stereocenters. The highest BCUT2D eigenvalue weighted by Crippen LogP contribution is 2.34. The zero-order valence-corrected chi connectivity index (χ0v) is 12.1. The number of amides is 2. The molecule has 6 heteroatoms. The monoisotopic (exact) mass is 296 g/mol. The van der Waals surface area contributed by atoms with Crippen molar-refractivity contribution in [1.82, 2.24) is 5.32 Å². The van der Waals surface area contributed by atoms with E-state index in [4.69, 9.17) is 4.74 Å². The van der Waals surface area contributed by atoms with Crippen LogP contribution >= 0.6 is 0 Å². The van der Waals surface area contributed by atoms with Gasteiger partial charge in [-0.2, -0.15) is 0 Å². The van der Waals surface area contributed by atoms with Crippen molar-refractivity contribution in [1.29, 1.82) is 0 Å². The largest absolute Gasteiger partial charge is 0.390 e. The van der Waals surface area contributed by atoms with E-state index in [0.29, 0.717) is 24.2 Å². The molecule has 1 aromatic rings. The first-order valence-corrected chi connectivity index (χ1v) is 7.07. The number of nitrogens with one attached hydrogen (secondary N) is 2. The van der Waals surface area contributed by atoms with E-state index in [1.54, 1.807) is 0 Å². The number of methoxy groups -OCH3 is 1. The molecule has 1 saturated carbocycles. The highest BCUT2D eigenvalue weighted by molar-refractivity contribution is 5.90. The van der Waals surface area contributed by atoms with Crippen molar-refractivity contribution in [2.75, 3.05) is 19.0 Å². The van der Waals surface area contributed by atoms with Crippen LogP contribution in [0.4, 0.5) is 14.9 Å². The van der Waals surface area contributed by atoms with Crippen LogP contribution in [0.2, 0.25) is 0 Å². The van der Waals surface area contributed by atoms with Gasteiger partial charge in [-0.1, -0.05) is 0 Å². The van der Waals surface area contributed by atoms with Crippen molar-refractivity contribution < 1.29 is 19.0 Å². The molecular weight excluding hydrogens is 275 g/mol. The van der Waals surface area contributed by atoms with Crippen molar-refractivity contribution in [2.45, 2.75) is 37.9 Å². The molecule has 0 aromatic heterocycles. The Kier molecular flexibility index (Phi) is 5.14. The second kappa shape index (κ2) is 6.87. The number of rotatable bonds is 6. The van der Waals surface area contributed by atoms with E-state index >= 15 is 0 Å². The van der Waals surface area contributed by atoms with Crippen molar-refractivity contribution in [3.63, 3.8) is 0 Å². The maximum absolute atomic E-state index is 13.2. The molecule has 1 aliphatic rings. The topological polar surface area (TPSA) is 70.6 Å². The van der Waals surface area contributed by atoms with Crippen molar-refractivity contribution in [3.05, 3.63) is 29.6 Å². The molecule has 0 unspecified atom stereocenters. The second-order valence-corrected chi connectivity index (χ2v) is 5.44. The fourth-order valence-electron chi connectivity index (χ4n) is 2.37. The van der Waals surface area contributed by atoms with Gasteiger partial charge in [0.2, 0.25) is 0 Å². The molecule has 0 bridgehead atoms. The van der Waals surface area contributed by atoms with Crippen LogP contribution < -0.4 is 10.6 Å². The van der Waals surface area contributed by atoms with Crippen LogP contribution in [-0.2, 0) is 11.3 Å². The average Bonchev–Trinajstić information content (AvgIpc) is 2.40. The summed E-state index contributed by atoms with van der Waals surface area (Å²) >= 11 is 0. The molecule has 0 radical (unpaired) electrons. The van der Waals surface area contributed by atoms with Crippen LogP contribution in [0, 0.1) is 5.82 Å². The third-order valence-corrected chi connectivity index (χ3v) is 3.78. The number of carbonyl (C=O) groups is 1. The molecule has 21 heavy (non-hydrogen) atoms. The zero-order valence-electron chi connectivity index (χ0n) is 12.1. The standard InChI is InChI=1S/C15H21FN2O3/c1-21-10-11-9-12(16)3-4-13(11)18-14(19)17-8-7-15(20)5-2-6-15/h3-4,9,20H,2,5-8,10H2,1H3,(H2,17,18,19). The Hall–Kier alpha value is -1.66. The van der Waals surface area contributed by atoms with Crippen molar-refractivity contribution in [2.24, 2.45) is 0 Å². The fraction of sp³-hybridized carbons (Fsp3) is 0.533. The summed E-state index contributed by atoms with van der Waals surface area (Å²) < 4.78 is 18.2. The van der Waals surface area contributed by atoms with Crippen LogP contribution in [0.3, 0.4) is 0 Å². The maximum Gasteiger partial charge on any atom is 0.319 e. The van der Waals surface area contributed by atoms with E-state index in [1.165, 1.54) is 25.3 Å². The lowest BCUT2D eigenvalue weighted by molar-refractivity contribution is -0.0388. The summed E-state index contributed by atoms with van der Waals surface area (Å²) in [6.07, 6.45) is 3.19. The lowest BCUT2D eigenvalue weighted by Gasteiger charge is -2.36. The lowest BCUT2D eigenvalue weighted by atomic mass is 9.78. The Balaban J connectivity index is 1.84. The molecule has 2 rings (SSSR count). The number of benzene rings is 1. The fourth-order valence-corrected chi connectivity index (χ4v) is 2.37. The minimum absolute atomic E-state index is 0.215. The molecule has 3 N–H and O–H groups in total. The van der Waals surface area contributed by atoms with Gasteiger partial charge in [-0.15, -0.1) is 0 Å². The molecule has 116 valence electrons. The minimum Gasteiger partial charge on any atom is -0.390 e. The van der Waals surface area contributed by atoms with E-state index in [-0.39, 0.29) is 18.5 Å². The summed E-state index contributed by atoms with van der Waals surface area (Å²) in [6, 6.07) is 3.74. The van der Waals surface area contributed by atoms with Gasteiger partial charge in [-0.25, -0.2) is 9.18 Å². The predicted octanol–water partition coefficient (Wildman–Crippen LogP) is 2.40. The normalized spacial score (nSPS) is 16.1. The number of carbonyl (C=O) groups excluding carboxylic acids is 1. The number of urea groups is 1. The highest BCUT2D eigenvalue weighted by atomic mass is 19.1. The van der Waals surface area contributed by atoms with Gasteiger partial charge in [0.15, 0.2) is 0 Å². The summed E-state index contributed by atoms with van der Waals surface area (Å²) in [5, 5.41) is 15.3. The summed E-state index contributed by atoms with van der Waals surface area (Å²) in [5.41, 5.74) is 0.480. The van der Waals surface area contributed by atoms with Gasteiger partial charge < -0.3 is 20.5 Å². The highest BCUT2D eigenvalue weighted by Gasteiger charge is 2.33. The Bertz CT molecular complexity index is 504. The Morgan fingerprint density at radius 3 is 2.86 bits per heavy atom. The quantitative estimate of drug-likeness (QED) is 0.755. The van der Waals surface area contributed by atoms with Gasteiger partial charge in [0.1, 0.15) is 5.82 Å². The third kappa shape index (κ3) is 4.41. The van der Waals surface area contributed by atoms with E-state index in [9.17, 15) is 14.3 Å². The Labute approximate surface area is 123 Å². The van der Waals surface area contributed by atoms with E-state index in [2.05, 4.69) is 10.6 Å². The molecule has 1 fully saturated rings. The predicted molar refractivity (Wildman–Crippen MR) is 77.6 cm³/mol. The number of halogens is 1. The minimum atomic E-state index is -0.607. The molecule has 0 aliphatic heterocycles. The molecule has 1 aromatic carbocycles. The summed E-state index contributed by atoms with van der Waals surface area (Å²) in [7, 11) is 1.51. The third-order valence-electron chi connectivity index (χ3n) is 3.78. The van der Waals surface area contributed by atoms with Crippen LogP contribution in [0.1, 0.15) is 31.2 Å². The number of aliphatic hydroxyl groups is 1. The van der Waals surface area contributed by atoms with E-state index in [1.807, 2.05) is 0 Å².